The first-order valence-electron chi connectivity index (χ1n) is 10.3. The van der Waals surface area contributed by atoms with Crippen molar-refractivity contribution in [2.75, 3.05) is 71.5 Å². The van der Waals surface area contributed by atoms with Gasteiger partial charge in [-0.25, -0.2) is 9.78 Å². The number of nitrogens with one attached hydrogen (secondary N) is 1. The predicted octanol–water partition coefficient (Wildman–Crippen LogP) is 1.27. The molecule has 3 heterocycles. The number of likely N-dealkylation sites (tertiary alicyclic amines) is 1. The number of piperazine rings is 1. The van der Waals surface area contributed by atoms with Crippen LogP contribution in [0.4, 0.5) is 10.5 Å². The van der Waals surface area contributed by atoms with Gasteiger partial charge in [0.1, 0.15) is 6.61 Å². The summed E-state index contributed by atoms with van der Waals surface area (Å²) in [5.74, 6) is 0.702. The monoisotopic (exact) mass is 405 g/mol. The van der Waals surface area contributed by atoms with E-state index in [0.717, 1.165) is 25.9 Å². The van der Waals surface area contributed by atoms with Gasteiger partial charge in [0.2, 0.25) is 11.8 Å². The van der Waals surface area contributed by atoms with E-state index in [1.54, 1.807) is 30.3 Å². The third kappa shape index (κ3) is 6.57. The summed E-state index contributed by atoms with van der Waals surface area (Å²) >= 11 is 0. The number of hydrogen-bond donors (Lipinski definition) is 1. The molecule has 0 unspecified atom stereocenters. The number of piperidine rings is 1. The van der Waals surface area contributed by atoms with Crippen molar-refractivity contribution in [1.82, 2.24) is 19.7 Å². The first-order valence-corrected chi connectivity index (χ1v) is 10.3. The zero-order chi connectivity index (χ0) is 20.5. The van der Waals surface area contributed by atoms with Gasteiger partial charge < -0.3 is 24.6 Å². The largest absolute Gasteiger partial charge is 0.475 e. The number of carbonyl (C=O) groups is 2. The van der Waals surface area contributed by atoms with Gasteiger partial charge >= 0.3 is 6.03 Å². The van der Waals surface area contributed by atoms with Gasteiger partial charge in [0, 0.05) is 52.4 Å². The number of urea groups is 1. The molecule has 0 bridgehead atoms. The summed E-state index contributed by atoms with van der Waals surface area (Å²) in [6.07, 6.45) is 5.01. The van der Waals surface area contributed by atoms with Gasteiger partial charge in [0.05, 0.1) is 25.0 Å². The molecule has 3 rings (SSSR count). The normalized spacial score (nSPS) is 17.8. The van der Waals surface area contributed by atoms with Crippen molar-refractivity contribution >= 4 is 17.6 Å². The van der Waals surface area contributed by atoms with Crippen molar-refractivity contribution in [2.45, 2.75) is 19.3 Å². The number of pyridine rings is 1. The Hall–Kier alpha value is -2.39. The van der Waals surface area contributed by atoms with Gasteiger partial charge in [-0.2, -0.15) is 0 Å². The fourth-order valence-corrected chi connectivity index (χ4v) is 3.52. The Morgan fingerprint density at radius 3 is 2.41 bits per heavy atom. The Labute approximate surface area is 171 Å². The lowest BCUT2D eigenvalue weighted by Crippen LogP contribution is -2.52. The van der Waals surface area contributed by atoms with Gasteiger partial charge in [0.15, 0.2) is 0 Å². The van der Waals surface area contributed by atoms with Crippen molar-refractivity contribution in [3.8, 4) is 5.88 Å². The van der Waals surface area contributed by atoms with Crippen LogP contribution in [-0.4, -0.2) is 97.8 Å². The lowest BCUT2D eigenvalue weighted by molar-refractivity contribution is -0.133. The number of amides is 3. The number of methoxy groups -OCH3 is 1. The van der Waals surface area contributed by atoms with Crippen molar-refractivity contribution in [3.63, 3.8) is 0 Å². The molecule has 0 saturated carbocycles. The van der Waals surface area contributed by atoms with Gasteiger partial charge in [-0.3, -0.25) is 9.69 Å². The molecule has 2 saturated heterocycles. The van der Waals surface area contributed by atoms with Crippen molar-refractivity contribution in [1.29, 1.82) is 0 Å². The van der Waals surface area contributed by atoms with E-state index in [0.29, 0.717) is 57.5 Å². The average molecular weight is 405 g/mol. The number of nitrogens with zero attached hydrogens (tertiary/aromatic N) is 4. The van der Waals surface area contributed by atoms with Crippen LogP contribution in [0.1, 0.15) is 19.3 Å². The summed E-state index contributed by atoms with van der Waals surface area (Å²) in [5.41, 5.74) is 0.622. The van der Waals surface area contributed by atoms with E-state index in [2.05, 4.69) is 15.2 Å². The Balaban J connectivity index is 1.38. The molecular weight excluding hydrogens is 374 g/mol. The summed E-state index contributed by atoms with van der Waals surface area (Å²) in [6, 6.07) is 3.33. The Kier molecular flexibility index (Phi) is 8.06. The fourth-order valence-electron chi connectivity index (χ4n) is 3.52. The standard InChI is InChI=1S/C20H31N5O4/c1-28-13-14-29-18-6-5-17(15-21-18)22-20(27)25-11-9-23(10-12-25)16-19(26)24-7-3-2-4-8-24/h5-6,15H,2-4,7-14,16H2,1H3,(H,22,27). The Bertz CT molecular complexity index is 655. The maximum atomic E-state index is 12.5. The van der Waals surface area contributed by atoms with Crippen LogP contribution in [-0.2, 0) is 9.53 Å². The molecule has 2 fully saturated rings. The summed E-state index contributed by atoms with van der Waals surface area (Å²) in [7, 11) is 1.61. The second-order valence-corrected chi connectivity index (χ2v) is 7.36. The fraction of sp³-hybridized carbons (Fsp3) is 0.650. The van der Waals surface area contributed by atoms with Crippen molar-refractivity contribution in [2.24, 2.45) is 0 Å². The van der Waals surface area contributed by atoms with Gasteiger partial charge in [-0.15, -0.1) is 0 Å². The number of ether oxygens (including phenoxy) is 2. The molecule has 1 N–H and O–H groups in total. The van der Waals surface area contributed by atoms with Crippen LogP contribution >= 0.6 is 0 Å². The van der Waals surface area contributed by atoms with Crippen LogP contribution in [0.5, 0.6) is 5.88 Å². The summed E-state index contributed by atoms with van der Waals surface area (Å²) in [5, 5.41) is 2.86. The number of carbonyl (C=O) groups excluding carboxylic acids is 2. The minimum Gasteiger partial charge on any atom is -0.475 e. The molecule has 9 nitrogen and oxygen atoms in total. The Morgan fingerprint density at radius 1 is 1.00 bits per heavy atom. The van der Waals surface area contributed by atoms with Gasteiger partial charge in [-0.1, -0.05) is 0 Å². The third-order valence-electron chi connectivity index (χ3n) is 5.25. The van der Waals surface area contributed by atoms with Crippen LogP contribution in [0, 0.1) is 0 Å². The third-order valence-corrected chi connectivity index (χ3v) is 5.25. The highest BCUT2D eigenvalue weighted by atomic mass is 16.5. The van der Waals surface area contributed by atoms with Crippen LogP contribution in [0.3, 0.4) is 0 Å². The second-order valence-electron chi connectivity index (χ2n) is 7.36. The van der Waals surface area contributed by atoms with Crippen molar-refractivity contribution < 1.29 is 19.1 Å². The highest BCUT2D eigenvalue weighted by Gasteiger charge is 2.24. The average Bonchev–Trinajstić information content (AvgIpc) is 2.76. The molecule has 1 aromatic heterocycles. The molecule has 2 aliphatic rings. The number of aromatic nitrogens is 1. The molecule has 0 aromatic carbocycles. The zero-order valence-corrected chi connectivity index (χ0v) is 17.1. The first kappa shape index (κ1) is 21.3. The Morgan fingerprint density at radius 2 is 1.76 bits per heavy atom. The molecule has 2 aliphatic heterocycles. The lowest BCUT2D eigenvalue weighted by Gasteiger charge is -2.36. The zero-order valence-electron chi connectivity index (χ0n) is 17.1. The summed E-state index contributed by atoms with van der Waals surface area (Å²) < 4.78 is 10.3. The molecule has 1 aromatic rings. The number of rotatable bonds is 7. The van der Waals surface area contributed by atoms with Crippen LogP contribution in [0.25, 0.3) is 0 Å². The minimum absolute atomic E-state index is 0.151. The molecule has 9 heteroatoms. The number of hydrogen-bond acceptors (Lipinski definition) is 6. The molecule has 0 aliphatic carbocycles. The first-order chi connectivity index (χ1) is 14.2. The van der Waals surface area contributed by atoms with Crippen LogP contribution in [0.2, 0.25) is 0 Å². The topological polar surface area (TPSA) is 87.2 Å². The predicted molar refractivity (Wildman–Crippen MR) is 109 cm³/mol. The molecule has 0 spiro atoms. The molecule has 0 radical (unpaired) electrons. The van der Waals surface area contributed by atoms with Crippen LogP contribution < -0.4 is 10.1 Å². The SMILES string of the molecule is COCCOc1ccc(NC(=O)N2CCN(CC(=O)N3CCCCC3)CC2)cn1. The van der Waals surface area contributed by atoms with E-state index in [9.17, 15) is 9.59 Å². The van der Waals surface area contributed by atoms with Crippen LogP contribution in [0.15, 0.2) is 18.3 Å². The molecular formula is C20H31N5O4. The highest BCUT2D eigenvalue weighted by molar-refractivity contribution is 5.89. The maximum Gasteiger partial charge on any atom is 0.321 e. The van der Waals surface area contributed by atoms with E-state index >= 15 is 0 Å². The molecule has 29 heavy (non-hydrogen) atoms. The van der Waals surface area contributed by atoms with E-state index in [1.807, 2.05) is 4.90 Å². The highest BCUT2D eigenvalue weighted by Crippen LogP contribution is 2.14. The quantitative estimate of drug-likeness (QED) is 0.688. The lowest BCUT2D eigenvalue weighted by atomic mass is 10.1. The molecule has 3 amide bonds. The van der Waals surface area contributed by atoms with E-state index in [1.165, 1.54) is 6.42 Å². The van der Waals surface area contributed by atoms with Gasteiger partial charge in [0.25, 0.3) is 0 Å². The second kappa shape index (κ2) is 11.0. The molecule has 160 valence electrons. The van der Waals surface area contributed by atoms with E-state index < -0.39 is 0 Å². The summed E-state index contributed by atoms with van der Waals surface area (Å²) in [6.45, 7) is 5.75. The minimum atomic E-state index is -0.151. The maximum absolute atomic E-state index is 12.5. The number of anilines is 1. The van der Waals surface area contributed by atoms with Crippen molar-refractivity contribution in [3.05, 3.63) is 18.3 Å². The van der Waals surface area contributed by atoms with Gasteiger partial charge in [-0.05, 0) is 25.3 Å². The summed E-state index contributed by atoms with van der Waals surface area (Å²) in [4.78, 5) is 34.9. The smallest absolute Gasteiger partial charge is 0.321 e. The van der Waals surface area contributed by atoms with E-state index in [-0.39, 0.29) is 11.9 Å². The van der Waals surface area contributed by atoms with E-state index in [4.69, 9.17) is 9.47 Å². The molecule has 0 atom stereocenters.